The summed E-state index contributed by atoms with van der Waals surface area (Å²) < 4.78 is 37.2. The standard InChI is InChI=1S/C16H24FNO2S2/c1-21-11-13-9-14(17)8-7-12(13)10-18-15-5-3-4-6-16(15)22(2,19)20/h7-9,15-16,18H,3-6,10-11H2,1-2H3. The first-order valence-electron chi connectivity index (χ1n) is 7.60. The average Bonchev–Trinajstić information content (AvgIpc) is 2.46. The number of sulfone groups is 1. The van der Waals surface area contributed by atoms with Crippen molar-refractivity contribution in [2.45, 2.75) is 49.3 Å². The molecule has 0 amide bonds. The largest absolute Gasteiger partial charge is 0.309 e. The molecule has 0 aromatic heterocycles. The molecule has 1 aliphatic rings. The molecule has 0 spiro atoms. The summed E-state index contributed by atoms with van der Waals surface area (Å²) in [5, 5.41) is 3.10. The van der Waals surface area contributed by atoms with Crippen LogP contribution in [0.2, 0.25) is 0 Å². The molecule has 1 N–H and O–H groups in total. The molecule has 1 fully saturated rings. The highest BCUT2D eigenvalue weighted by Gasteiger charge is 2.32. The Morgan fingerprint density at radius 3 is 2.68 bits per heavy atom. The molecule has 124 valence electrons. The third kappa shape index (κ3) is 4.70. The molecule has 1 aliphatic carbocycles. The van der Waals surface area contributed by atoms with E-state index in [2.05, 4.69) is 5.32 Å². The first-order valence-corrected chi connectivity index (χ1v) is 10.9. The lowest BCUT2D eigenvalue weighted by atomic mass is 9.94. The van der Waals surface area contributed by atoms with Crippen LogP contribution in [0, 0.1) is 5.82 Å². The fourth-order valence-corrected chi connectivity index (χ4v) is 5.14. The molecular weight excluding hydrogens is 321 g/mol. The van der Waals surface area contributed by atoms with Crippen LogP contribution in [-0.2, 0) is 22.1 Å². The van der Waals surface area contributed by atoms with Gasteiger partial charge in [0.25, 0.3) is 0 Å². The van der Waals surface area contributed by atoms with Gasteiger partial charge in [-0.25, -0.2) is 12.8 Å². The highest BCUT2D eigenvalue weighted by Crippen LogP contribution is 2.25. The molecule has 0 radical (unpaired) electrons. The molecule has 1 aromatic carbocycles. The molecule has 2 atom stereocenters. The van der Waals surface area contributed by atoms with Gasteiger partial charge in [0.1, 0.15) is 5.82 Å². The van der Waals surface area contributed by atoms with E-state index in [9.17, 15) is 12.8 Å². The van der Waals surface area contributed by atoms with Crippen LogP contribution in [0.5, 0.6) is 0 Å². The van der Waals surface area contributed by atoms with E-state index >= 15 is 0 Å². The zero-order valence-corrected chi connectivity index (χ0v) is 14.8. The summed E-state index contributed by atoms with van der Waals surface area (Å²) in [6.45, 7) is 0.590. The summed E-state index contributed by atoms with van der Waals surface area (Å²) in [5.41, 5.74) is 2.03. The quantitative estimate of drug-likeness (QED) is 0.860. The monoisotopic (exact) mass is 345 g/mol. The van der Waals surface area contributed by atoms with Crippen LogP contribution in [0.25, 0.3) is 0 Å². The second-order valence-electron chi connectivity index (χ2n) is 5.99. The van der Waals surface area contributed by atoms with Crippen molar-refractivity contribution in [2.75, 3.05) is 12.5 Å². The van der Waals surface area contributed by atoms with Crippen molar-refractivity contribution in [2.24, 2.45) is 0 Å². The molecule has 22 heavy (non-hydrogen) atoms. The first kappa shape index (κ1) is 17.8. The van der Waals surface area contributed by atoms with Crippen LogP contribution >= 0.6 is 11.8 Å². The lowest BCUT2D eigenvalue weighted by Gasteiger charge is -2.31. The van der Waals surface area contributed by atoms with E-state index in [1.54, 1.807) is 23.9 Å². The van der Waals surface area contributed by atoms with Crippen LogP contribution in [-0.4, -0.2) is 32.2 Å². The number of halogens is 1. The number of hydrogen-bond donors (Lipinski definition) is 1. The Morgan fingerprint density at radius 2 is 2.00 bits per heavy atom. The average molecular weight is 346 g/mol. The predicted octanol–water partition coefficient (Wildman–Crippen LogP) is 3.13. The van der Waals surface area contributed by atoms with Crippen LogP contribution < -0.4 is 5.32 Å². The molecule has 0 aliphatic heterocycles. The Hall–Kier alpha value is -0.590. The second-order valence-corrected chi connectivity index (χ2v) is 9.12. The minimum atomic E-state index is -3.03. The maximum Gasteiger partial charge on any atom is 0.151 e. The van der Waals surface area contributed by atoms with Gasteiger partial charge in [-0.1, -0.05) is 18.9 Å². The second kappa shape index (κ2) is 7.79. The van der Waals surface area contributed by atoms with Crippen LogP contribution in [0.4, 0.5) is 4.39 Å². The third-order valence-electron chi connectivity index (χ3n) is 4.28. The topological polar surface area (TPSA) is 46.2 Å². The van der Waals surface area contributed by atoms with Gasteiger partial charge in [-0.3, -0.25) is 0 Å². The van der Waals surface area contributed by atoms with E-state index in [1.807, 2.05) is 6.26 Å². The number of hydrogen-bond acceptors (Lipinski definition) is 4. The fraction of sp³-hybridized carbons (Fsp3) is 0.625. The Kier molecular flexibility index (Phi) is 6.29. The Morgan fingerprint density at radius 1 is 1.27 bits per heavy atom. The van der Waals surface area contributed by atoms with Gasteiger partial charge in [-0.2, -0.15) is 11.8 Å². The van der Waals surface area contributed by atoms with Gasteiger partial charge in [0, 0.05) is 24.6 Å². The Bertz CT molecular complexity index is 604. The normalized spacial score (nSPS) is 22.7. The van der Waals surface area contributed by atoms with Crippen molar-refractivity contribution in [3.8, 4) is 0 Å². The maximum atomic E-state index is 13.4. The first-order chi connectivity index (χ1) is 10.4. The molecule has 1 aromatic rings. The van der Waals surface area contributed by atoms with E-state index in [4.69, 9.17) is 0 Å². The number of nitrogens with one attached hydrogen (secondary N) is 1. The molecule has 0 bridgehead atoms. The van der Waals surface area contributed by atoms with Crippen LogP contribution in [0.3, 0.4) is 0 Å². The number of benzene rings is 1. The zero-order chi connectivity index (χ0) is 16.2. The van der Waals surface area contributed by atoms with Crippen molar-refractivity contribution < 1.29 is 12.8 Å². The Balaban J connectivity index is 2.08. The van der Waals surface area contributed by atoms with Crippen LogP contribution in [0.1, 0.15) is 36.8 Å². The lowest BCUT2D eigenvalue weighted by molar-refractivity contribution is 0.370. The predicted molar refractivity (Wildman–Crippen MR) is 91.3 cm³/mol. The summed E-state index contributed by atoms with van der Waals surface area (Å²) in [4.78, 5) is 0. The molecule has 0 heterocycles. The third-order valence-corrected chi connectivity index (χ3v) is 6.54. The van der Waals surface area contributed by atoms with Crippen molar-refractivity contribution in [1.82, 2.24) is 5.32 Å². The van der Waals surface area contributed by atoms with Gasteiger partial charge in [0.2, 0.25) is 0 Å². The van der Waals surface area contributed by atoms with Crippen molar-refractivity contribution in [1.29, 1.82) is 0 Å². The highest BCUT2D eigenvalue weighted by atomic mass is 32.2. The molecule has 2 rings (SSSR count). The summed E-state index contributed by atoms with van der Waals surface area (Å²) >= 11 is 1.65. The summed E-state index contributed by atoms with van der Waals surface area (Å²) in [7, 11) is -3.03. The van der Waals surface area contributed by atoms with Crippen molar-refractivity contribution in [3.63, 3.8) is 0 Å². The molecule has 0 saturated heterocycles. The zero-order valence-electron chi connectivity index (χ0n) is 13.1. The highest BCUT2D eigenvalue weighted by molar-refractivity contribution is 7.97. The number of thioether (sulfide) groups is 1. The fourth-order valence-electron chi connectivity index (χ4n) is 3.14. The van der Waals surface area contributed by atoms with Gasteiger partial charge in [-0.05, 0) is 42.4 Å². The van der Waals surface area contributed by atoms with E-state index in [0.29, 0.717) is 6.54 Å². The summed E-state index contributed by atoms with van der Waals surface area (Å²) in [5.74, 6) is 0.536. The molecule has 2 unspecified atom stereocenters. The van der Waals surface area contributed by atoms with E-state index in [1.165, 1.54) is 12.3 Å². The van der Waals surface area contributed by atoms with Gasteiger partial charge in [-0.15, -0.1) is 0 Å². The van der Waals surface area contributed by atoms with Crippen molar-refractivity contribution in [3.05, 3.63) is 35.1 Å². The smallest absolute Gasteiger partial charge is 0.151 e. The molecule has 3 nitrogen and oxygen atoms in total. The molecule has 6 heteroatoms. The van der Waals surface area contributed by atoms with Crippen molar-refractivity contribution >= 4 is 21.6 Å². The minimum Gasteiger partial charge on any atom is -0.309 e. The van der Waals surface area contributed by atoms with E-state index < -0.39 is 9.84 Å². The van der Waals surface area contributed by atoms with Gasteiger partial charge >= 0.3 is 0 Å². The Labute approximate surface area is 137 Å². The van der Waals surface area contributed by atoms with Gasteiger partial charge < -0.3 is 5.32 Å². The maximum absolute atomic E-state index is 13.4. The van der Waals surface area contributed by atoms with Crippen LogP contribution in [0.15, 0.2) is 18.2 Å². The van der Waals surface area contributed by atoms with E-state index in [0.717, 1.165) is 42.6 Å². The molecular formula is C16H24FNO2S2. The lowest BCUT2D eigenvalue weighted by Crippen LogP contribution is -2.45. The minimum absolute atomic E-state index is 0.00377. The number of rotatable bonds is 6. The summed E-state index contributed by atoms with van der Waals surface area (Å²) in [6.07, 6.45) is 6.97. The molecule has 1 saturated carbocycles. The van der Waals surface area contributed by atoms with Gasteiger partial charge in [0.05, 0.1) is 5.25 Å². The SMILES string of the molecule is CSCc1cc(F)ccc1CNC1CCCCC1S(C)(=O)=O. The summed E-state index contributed by atoms with van der Waals surface area (Å²) in [6, 6.07) is 4.83. The van der Waals surface area contributed by atoms with Gasteiger partial charge in [0.15, 0.2) is 9.84 Å². The van der Waals surface area contributed by atoms with E-state index in [-0.39, 0.29) is 17.1 Å².